The second-order valence-corrected chi connectivity index (χ2v) is 4.12. The summed E-state index contributed by atoms with van der Waals surface area (Å²) in [6, 6.07) is 3.98. The summed E-state index contributed by atoms with van der Waals surface area (Å²) in [5.74, 6) is 0.988. The molecule has 2 heterocycles. The van der Waals surface area contributed by atoms with Gasteiger partial charge in [0.15, 0.2) is 0 Å². The lowest BCUT2D eigenvalue weighted by Gasteiger charge is -2.06. The molecule has 0 radical (unpaired) electrons. The van der Waals surface area contributed by atoms with E-state index in [1.165, 1.54) is 5.69 Å². The van der Waals surface area contributed by atoms with Gasteiger partial charge in [-0.2, -0.15) is 0 Å². The van der Waals surface area contributed by atoms with Crippen molar-refractivity contribution in [3.63, 3.8) is 0 Å². The van der Waals surface area contributed by atoms with E-state index in [4.69, 9.17) is 0 Å². The van der Waals surface area contributed by atoms with Crippen molar-refractivity contribution in [1.29, 1.82) is 0 Å². The van der Waals surface area contributed by atoms with E-state index in [-0.39, 0.29) is 0 Å². The van der Waals surface area contributed by atoms with Gasteiger partial charge in [-0.1, -0.05) is 0 Å². The zero-order chi connectivity index (χ0) is 12.3. The molecule has 0 aromatic carbocycles. The van der Waals surface area contributed by atoms with E-state index in [2.05, 4.69) is 33.8 Å². The summed E-state index contributed by atoms with van der Waals surface area (Å²) in [5, 5.41) is 3.17. The number of hydrogen-bond acceptors (Lipinski definition) is 3. The molecule has 0 aliphatic heterocycles. The summed E-state index contributed by atoms with van der Waals surface area (Å²) < 4.78 is 2.16. The van der Waals surface area contributed by atoms with Crippen LogP contribution < -0.4 is 5.32 Å². The number of likely N-dealkylation sites (N-methyl/N-ethyl adjacent to an activating group) is 1. The molecule has 0 bridgehead atoms. The van der Waals surface area contributed by atoms with Crippen molar-refractivity contribution >= 4 is 0 Å². The summed E-state index contributed by atoms with van der Waals surface area (Å²) in [4.78, 5) is 8.77. The minimum Gasteiger partial charge on any atom is -0.331 e. The summed E-state index contributed by atoms with van der Waals surface area (Å²) >= 11 is 0. The minimum absolute atomic E-state index is 0.965. The number of nitrogens with one attached hydrogen (secondary N) is 1. The van der Waals surface area contributed by atoms with Gasteiger partial charge in [-0.15, -0.1) is 0 Å². The second kappa shape index (κ2) is 5.10. The van der Waals surface area contributed by atoms with Crippen LogP contribution in [-0.4, -0.2) is 28.1 Å². The third kappa shape index (κ3) is 2.36. The molecule has 0 saturated heterocycles. The van der Waals surface area contributed by atoms with E-state index in [0.29, 0.717) is 0 Å². The first-order chi connectivity index (χ1) is 8.24. The SMILES string of the molecule is CNCCc1c(C)nc(-c2cccnc2)n1C. The quantitative estimate of drug-likeness (QED) is 0.866. The van der Waals surface area contributed by atoms with Crippen LogP contribution in [0.15, 0.2) is 24.5 Å². The fourth-order valence-electron chi connectivity index (χ4n) is 2.01. The van der Waals surface area contributed by atoms with Gasteiger partial charge in [-0.25, -0.2) is 4.98 Å². The largest absolute Gasteiger partial charge is 0.331 e. The molecule has 90 valence electrons. The van der Waals surface area contributed by atoms with E-state index in [1.807, 2.05) is 25.4 Å². The molecule has 17 heavy (non-hydrogen) atoms. The third-order valence-electron chi connectivity index (χ3n) is 2.95. The average Bonchev–Trinajstić information content (AvgIpc) is 2.64. The van der Waals surface area contributed by atoms with Crippen molar-refractivity contribution < 1.29 is 0 Å². The van der Waals surface area contributed by atoms with E-state index < -0.39 is 0 Å². The summed E-state index contributed by atoms with van der Waals surface area (Å²) in [7, 11) is 4.03. The van der Waals surface area contributed by atoms with Gasteiger partial charge in [-0.05, 0) is 26.1 Å². The van der Waals surface area contributed by atoms with Crippen molar-refractivity contribution in [2.24, 2.45) is 7.05 Å². The van der Waals surface area contributed by atoms with Crippen molar-refractivity contribution in [3.8, 4) is 11.4 Å². The van der Waals surface area contributed by atoms with Gasteiger partial charge in [-0.3, -0.25) is 4.98 Å². The Hall–Kier alpha value is -1.68. The normalized spacial score (nSPS) is 10.8. The minimum atomic E-state index is 0.965. The molecule has 2 rings (SSSR count). The maximum Gasteiger partial charge on any atom is 0.141 e. The van der Waals surface area contributed by atoms with Gasteiger partial charge < -0.3 is 9.88 Å². The number of aromatic nitrogens is 3. The zero-order valence-electron chi connectivity index (χ0n) is 10.6. The molecule has 0 saturated carbocycles. The fraction of sp³-hybridized carbons (Fsp3) is 0.385. The summed E-state index contributed by atoms with van der Waals surface area (Å²) in [6.07, 6.45) is 4.62. The van der Waals surface area contributed by atoms with Gasteiger partial charge in [0.2, 0.25) is 0 Å². The molecule has 0 aliphatic rings. The maximum atomic E-state index is 4.63. The highest BCUT2D eigenvalue weighted by Gasteiger charge is 2.12. The molecule has 2 aromatic rings. The first kappa shape index (κ1) is 11.8. The second-order valence-electron chi connectivity index (χ2n) is 4.12. The lowest BCUT2D eigenvalue weighted by atomic mass is 10.2. The first-order valence-electron chi connectivity index (χ1n) is 5.81. The van der Waals surface area contributed by atoms with Crippen molar-refractivity contribution in [2.45, 2.75) is 13.3 Å². The Morgan fingerprint density at radius 1 is 1.41 bits per heavy atom. The molecule has 0 unspecified atom stereocenters. The molecule has 0 amide bonds. The Kier molecular flexibility index (Phi) is 3.54. The van der Waals surface area contributed by atoms with Gasteiger partial charge in [0.25, 0.3) is 0 Å². The van der Waals surface area contributed by atoms with E-state index in [0.717, 1.165) is 30.0 Å². The lowest BCUT2D eigenvalue weighted by Crippen LogP contribution is -2.13. The molecular formula is C13H18N4. The highest BCUT2D eigenvalue weighted by molar-refractivity contribution is 5.55. The van der Waals surface area contributed by atoms with E-state index >= 15 is 0 Å². The molecule has 1 N–H and O–H groups in total. The molecular weight excluding hydrogens is 212 g/mol. The zero-order valence-corrected chi connectivity index (χ0v) is 10.6. The highest BCUT2D eigenvalue weighted by atomic mass is 15.1. The number of hydrogen-bond donors (Lipinski definition) is 1. The summed E-state index contributed by atoms with van der Waals surface area (Å²) in [5.41, 5.74) is 3.44. The van der Waals surface area contributed by atoms with Crippen LogP contribution in [0.4, 0.5) is 0 Å². The highest BCUT2D eigenvalue weighted by Crippen LogP contribution is 2.20. The first-order valence-corrected chi connectivity index (χ1v) is 5.81. The smallest absolute Gasteiger partial charge is 0.141 e. The van der Waals surface area contributed by atoms with Crippen LogP contribution in [-0.2, 0) is 13.5 Å². The molecule has 4 nitrogen and oxygen atoms in total. The predicted octanol–water partition coefficient (Wildman–Crippen LogP) is 1.55. The topological polar surface area (TPSA) is 42.7 Å². The lowest BCUT2D eigenvalue weighted by molar-refractivity contribution is 0.736. The van der Waals surface area contributed by atoms with Gasteiger partial charge >= 0.3 is 0 Å². The molecule has 0 aliphatic carbocycles. The van der Waals surface area contributed by atoms with Crippen LogP contribution in [0.25, 0.3) is 11.4 Å². The summed E-state index contributed by atoms with van der Waals surface area (Å²) in [6.45, 7) is 3.03. The predicted molar refractivity (Wildman–Crippen MR) is 68.8 cm³/mol. The van der Waals surface area contributed by atoms with Crippen molar-refractivity contribution in [1.82, 2.24) is 19.9 Å². The van der Waals surface area contributed by atoms with Crippen molar-refractivity contribution in [3.05, 3.63) is 35.9 Å². The van der Waals surface area contributed by atoms with Gasteiger partial charge in [0.1, 0.15) is 5.82 Å². The third-order valence-corrected chi connectivity index (χ3v) is 2.95. The van der Waals surface area contributed by atoms with Crippen LogP contribution in [0.3, 0.4) is 0 Å². The van der Waals surface area contributed by atoms with Crippen LogP contribution in [0.1, 0.15) is 11.4 Å². The van der Waals surface area contributed by atoms with Crippen LogP contribution in [0.2, 0.25) is 0 Å². The Morgan fingerprint density at radius 2 is 2.24 bits per heavy atom. The van der Waals surface area contributed by atoms with Crippen LogP contribution in [0, 0.1) is 6.92 Å². The van der Waals surface area contributed by atoms with Crippen LogP contribution in [0.5, 0.6) is 0 Å². The standard InChI is InChI=1S/C13H18N4/c1-10-12(6-8-14-2)17(3)13(16-10)11-5-4-7-15-9-11/h4-5,7,9,14H,6,8H2,1-3H3. The van der Waals surface area contributed by atoms with Gasteiger partial charge in [0, 0.05) is 43.7 Å². The Morgan fingerprint density at radius 3 is 2.88 bits per heavy atom. The Balaban J connectivity index is 2.37. The number of pyridine rings is 1. The molecule has 4 heteroatoms. The Bertz CT molecular complexity index is 488. The molecule has 0 atom stereocenters. The fourth-order valence-corrected chi connectivity index (χ4v) is 2.01. The van der Waals surface area contributed by atoms with Gasteiger partial charge in [0.05, 0.1) is 5.69 Å². The van der Waals surface area contributed by atoms with Crippen LogP contribution >= 0.6 is 0 Å². The molecule has 0 fully saturated rings. The van der Waals surface area contributed by atoms with Crippen molar-refractivity contribution in [2.75, 3.05) is 13.6 Å². The molecule has 0 spiro atoms. The maximum absolute atomic E-state index is 4.63. The van der Waals surface area contributed by atoms with E-state index in [9.17, 15) is 0 Å². The molecule has 2 aromatic heterocycles. The average molecular weight is 230 g/mol. The number of aryl methyl sites for hydroxylation is 1. The number of rotatable bonds is 4. The monoisotopic (exact) mass is 230 g/mol. The number of imidazole rings is 1. The van der Waals surface area contributed by atoms with E-state index in [1.54, 1.807) is 6.20 Å². The number of nitrogens with zero attached hydrogens (tertiary/aromatic N) is 3. The Labute approximate surface area is 102 Å².